The van der Waals surface area contributed by atoms with E-state index >= 15 is 0 Å². The summed E-state index contributed by atoms with van der Waals surface area (Å²) in [6, 6.07) is 13.9. The molecule has 0 spiro atoms. The van der Waals surface area contributed by atoms with Gasteiger partial charge in [0.05, 0.1) is 24.1 Å². The number of rotatable bonds is 6. The molecule has 1 aromatic heterocycles. The topological polar surface area (TPSA) is 90.3 Å². The number of benzene rings is 2. The van der Waals surface area contributed by atoms with Crippen molar-refractivity contribution in [3.05, 3.63) is 69.1 Å². The van der Waals surface area contributed by atoms with Gasteiger partial charge in [0.25, 0.3) is 5.56 Å². The molecule has 28 heavy (non-hydrogen) atoms. The fourth-order valence-corrected chi connectivity index (χ4v) is 3.03. The first-order chi connectivity index (χ1) is 13.5. The van der Waals surface area contributed by atoms with E-state index in [1.54, 1.807) is 55.5 Å². The monoisotopic (exact) mass is 443 g/mol. The quantitative estimate of drug-likeness (QED) is 0.591. The van der Waals surface area contributed by atoms with Crippen molar-refractivity contribution in [1.29, 1.82) is 0 Å². The van der Waals surface area contributed by atoms with Crippen LogP contribution in [0, 0.1) is 0 Å². The number of anilines is 1. The molecule has 0 saturated carbocycles. The number of nitrogens with zero attached hydrogens (tertiary/aromatic N) is 2. The molecule has 2 aromatic carbocycles. The van der Waals surface area contributed by atoms with E-state index in [4.69, 9.17) is 4.74 Å². The summed E-state index contributed by atoms with van der Waals surface area (Å²) in [7, 11) is 0. The van der Waals surface area contributed by atoms with Gasteiger partial charge in [-0.2, -0.15) is 5.10 Å². The summed E-state index contributed by atoms with van der Waals surface area (Å²) in [5.74, 6) is -0.834. The number of ether oxygens (including phenoxy) is 1. The molecule has 0 atom stereocenters. The van der Waals surface area contributed by atoms with E-state index < -0.39 is 17.4 Å². The Bertz CT molecular complexity index is 1080. The Balaban J connectivity index is 1.90. The summed E-state index contributed by atoms with van der Waals surface area (Å²) in [5.41, 5.74) is 0.605. The third kappa shape index (κ3) is 4.64. The highest BCUT2D eigenvalue weighted by Crippen LogP contribution is 2.15. The predicted octanol–water partition coefficient (Wildman–Crippen LogP) is 2.90. The molecule has 0 unspecified atom stereocenters. The first kappa shape index (κ1) is 19.8. The molecule has 3 aromatic rings. The van der Waals surface area contributed by atoms with Gasteiger partial charge in [0.1, 0.15) is 6.54 Å². The largest absolute Gasteiger partial charge is 0.466 e. The molecule has 8 heteroatoms. The number of esters is 1. The van der Waals surface area contributed by atoms with E-state index in [1.807, 2.05) is 0 Å². The lowest BCUT2D eigenvalue weighted by molar-refractivity contribution is -0.142. The van der Waals surface area contributed by atoms with Crippen LogP contribution in [0.4, 0.5) is 5.69 Å². The number of amides is 1. The maximum atomic E-state index is 12.7. The van der Waals surface area contributed by atoms with Crippen LogP contribution in [0.1, 0.15) is 12.6 Å². The zero-order chi connectivity index (χ0) is 20.1. The molecule has 0 aliphatic heterocycles. The van der Waals surface area contributed by atoms with Crippen molar-refractivity contribution in [2.75, 3.05) is 11.9 Å². The standard InChI is InChI=1S/C20H18BrN3O4/c1-2-28-19(26)11-17-15-5-3-4-6-16(15)20(27)24(23-17)12-18(25)22-14-9-7-13(21)8-10-14/h3-10H,2,11-12H2,1H3,(H,22,25). The second-order valence-electron chi connectivity index (χ2n) is 5.99. The van der Waals surface area contributed by atoms with E-state index in [0.29, 0.717) is 22.2 Å². The van der Waals surface area contributed by atoms with Crippen molar-refractivity contribution in [3.63, 3.8) is 0 Å². The van der Waals surface area contributed by atoms with Crippen molar-refractivity contribution in [1.82, 2.24) is 9.78 Å². The third-order valence-electron chi connectivity index (χ3n) is 3.98. The van der Waals surface area contributed by atoms with E-state index in [2.05, 4.69) is 26.3 Å². The molecule has 0 aliphatic rings. The Morgan fingerprint density at radius 2 is 1.79 bits per heavy atom. The second-order valence-corrected chi connectivity index (χ2v) is 6.91. The number of carbonyl (C=O) groups excluding carboxylic acids is 2. The molecule has 7 nitrogen and oxygen atoms in total. The van der Waals surface area contributed by atoms with Crippen LogP contribution in [0.2, 0.25) is 0 Å². The highest BCUT2D eigenvalue weighted by Gasteiger charge is 2.16. The maximum Gasteiger partial charge on any atom is 0.311 e. The van der Waals surface area contributed by atoms with Gasteiger partial charge in [-0.15, -0.1) is 0 Å². The normalized spacial score (nSPS) is 10.6. The lowest BCUT2D eigenvalue weighted by Crippen LogP contribution is -2.31. The fourth-order valence-electron chi connectivity index (χ4n) is 2.76. The zero-order valence-electron chi connectivity index (χ0n) is 15.1. The number of hydrogen-bond acceptors (Lipinski definition) is 5. The smallest absolute Gasteiger partial charge is 0.311 e. The Hall–Kier alpha value is -3.00. The Morgan fingerprint density at radius 1 is 1.11 bits per heavy atom. The SMILES string of the molecule is CCOC(=O)Cc1nn(CC(=O)Nc2ccc(Br)cc2)c(=O)c2ccccc12. The molecule has 0 bridgehead atoms. The minimum absolute atomic E-state index is 0.0804. The summed E-state index contributed by atoms with van der Waals surface area (Å²) >= 11 is 3.33. The number of halogens is 1. The van der Waals surface area contributed by atoms with Crippen molar-refractivity contribution >= 4 is 44.3 Å². The number of fused-ring (bicyclic) bond motifs is 1. The van der Waals surface area contributed by atoms with E-state index in [-0.39, 0.29) is 19.6 Å². The van der Waals surface area contributed by atoms with Gasteiger partial charge < -0.3 is 10.1 Å². The first-order valence-electron chi connectivity index (χ1n) is 8.67. The molecule has 0 fully saturated rings. The van der Waals surface area contributed by atoms with Crippen LogP contribution in [0.3, 0.4) is 0 Å². The van der Waals surface area contributed by atoms with Crippen molar-refractivity contribution < 1.29 is 14.3 Å². The van der Waals surface area contributed by atoms with Crippen LogP contribution in [0.25, 0.3) is 10.8 Å². The summed E-state index contributed by atoms with van der Waals surface area (Å²) in [4.78, 5) is 37.0. The predicted molar refractivity (Wildman–Crippen MR) is 109 cm³/mol. The zero-order valence-corrected chi connectivity index (χ0v) is 16.7. The number of aromatic nitrogens is 2. The summed E-state index contributed by atoms with van der Waals surface area (Å²) < 4.78 is 6.95. The molecule has 3 rings (SSSR count). The average molecular weight is 444 g/mol. The second kappa shape index (κ2) is 8.79. The van der Waals surface area contributed by atoms with Crippen molar-refractivity contribution in [2.45, 2.75) is 19.9 Å². The molecule has 1 N–H and O–H groups in total. The lowest BCUT2D eigenvalue weighted by Gasteiger charge is -2.11. The maximum absolute atomic E-state index is 12.7. The number of nitrogens with one attached hydrogen (secondary N) is 1. The summed E-state index contributed by atoms with van der Waals surface area (Å²) in [5, 5.41) is 7.95. The van der Waals surface area contributed by atoms with Crippen molar-refractivity contribution in [3.8, 4) is 0 Å². The minimum atomic E-state index is -0.440. The molecule has 0 aliphatic carbocycles. The van der Waals surface area contributed by atoms with Gasteiger partial charge in [0.15, 0.2) is 0 Å². The van der Waals surface area contributed by atoms with Crippen LogP contribution < -0.4 is 10.9 Å². The van der Waals surface area contributed by atoms with Gasteiger partial charge in [-0.3, -0.25) is 14.4 Å². The summed E-state index contributed by atoms with van der Waals surface area (Å²) in [6.07, 6.45) is -0.0804. The van der Waals surface area contributed by atoms with Crippen LogP contribution in [-0.2, 0) is 27.3 Å². The molecule has 0 saturated heterocycles. The van der Waals surface area contributed by atoms with Crippen LogP contribution in [0.15, 0.2) is 57.8 Å². The third-order valence-corrected chi connectivity index (χ3v) is 4.51. The Morgan fingerprint density at radius 3 is 2.46 bits per heavy atom. The van der Waals surface area contributed by atoms with Crippen LogP contribution in [-0.4, -0.2) is 28.3 Å². The van der Waals surface area contributed by atoms with Crippen LogP contribution >= 0.6 is 15.9 Å². The van der Waals surface area contributed by atoms with Gasteiger partial charge in [-0.25, -0.2) is 4.68 Å². The Kier molecular flexibility index (Phi) is 6.20. The van der Waals surface area contributed by atoms with E-state index in [0.717, 1.165) is 9.15 Å². The molecular formula is C20H18BrN3O4. The van der Waals surface area contributed by atoms with Gasteiger partial charge in [0.2, 0.25) is 5.91 Å². The molecule has 1 amide bonds. The van der Waals surface area contributed by atoms with E-state index in [9.17, 15) is 14.4 Å². The van der Waals surface area contributed by atoms with Gasteiger partial charge >= 0.3 is 5.97 Å². The van der Waals surface area contributed by atoms with Crippen molar-refractivity contribution in [2.24, 2.45) is 0 Å². The molecule has 144 valence electrons. The number of hydrogen-bond donors (Lipinski definition) is 1. The van der Waals surface area contributed by atoms with Crippen LogP contribution in [0.5, 0.6) is 0 Å². The Labute approximate surface area is 169 Å². The highest BCUT2D eigenvalue weighted by molar-refractivity contribution is 9.10. The number of carbonyl (C=O) groups is 2. The fraction of sp³-hybridized carbons (Fsp3) is 0.200. The van der Waals surface area contributed by atoms with Gasteiger partial charge in [-0.05, 0) is 37.3 Å². The van der Waals surface area contributed by atoms with E-state index in [1.165, 1.54) is 0 Å². The first-order valence-corrected chi connectivity index (χ1v) is 9.47. The minimum Gasteiger partial charge on any atom is -0.466 e. The summed E-state index contributed by atoms with van der Waals surface area (Å²) in [6.45, 7) is 1.71. The molecular weight excluding hydrogens is 426 g/mol. The molecule has 0 radical (unpaired) electrons. The molecule has 1 heterocycles. The van der Waals surface area contributed by atoms with Gasteiger partial charge in [0, 0.05) is 15.5 Å². The lowest BCUT2D eigenvalue weighted by atomic mass is 10.1. The highest BCUT2D eigenvalue weighted by atomic mass is 79.9. The average Bonchev–Trinajstić information content (AvgIpc) is 2.67. The van der Waals surface area contributed by atoms with Gasteiger partial charge in [-0.1, -0.05) is 34.1 Å².